The van der Waals surface area contributed by atoms with Crippen molar-refractivity contribution in [1.82, 2.24) is 4.57 Å². The Morgan fingerprint density at radius 2 is 1.41 bits per heavy atom. The lowest BCUT2D eigenvalue weighted by Crippen LogP contribution is -2.09. The van der Waals surface area contributed by atoms with E-state index in [2.05, 4.69) is 76.9 Å². The molecule has 0 aliphatic heterocycles. The Hall–Kier alpha value is -4.83. The molecule has 180 valence electrons. The summed E-state index contributed by atoms with van der Waals surface area (Å²) in [5.41, 5.74) is 7.00. The number of para-hydroxylation sites is 2. The van der Waals surface area contributed by atoms with E-state index in [1.165, 1.54) is 21.8 Å². The molecular weight excluding hydrogens is 452 g/mol. The highest BCUT2D eigenvalue weighted by molar-refractivity contribution is 6.50. The highest BCUT2D eigenvalue weighted by Gasteiger charge is 2.12. The first-order valence-corrected chi connectivity index (χ1v) is 12.3. The zero-order valence-electron chi connectivity index (χ0n) is 20.8. The van der Waals surface area contributed by atoms with Crippen molar-refractivity contribution in [3.8, 4) is 5.69 Å². The minimum atomic E-state index is 0.335. The number of aliphatic imine (C=N–C) groups is 2. The first kappa shape index (κ1) is 23.9. The van der Waals surface area contributed by atoms with Crippen LogP contribution in [0.3, 0.4) is 0 Å². The molecule has 4 nitrogen and oxygen atoms in total. The third-order valence-corrected chi connectivity index (χ3v) is 6.33. The van der Waals surface area contributed by atoms with Gasteiger partial charge in [0.1, 0.15) is 0 Å². The molecule has 0 fully saturated rings. The number of benzene rings is 4. The molecule has 0 aliphatic rings. The lowest BCUT2D eigenvalue weighted by molar-refractivity contribution is 1.07. The first-order chi connectivity index (χ1) is 18.2. The van der Waals surface area contributed by atoms with Gasteiger partial charge >= 0.3 is 0 Å². The molecule has 0 saturated heterocycles. The summed E-state index contributed by atoms with van der Waals surface area (Å²) < 4.78 is 2.29. The molecule has 1 aromatic heterocycles. The van der Waals surface area contributed by atoms with Crippen molar-refractivity contribution in [2.24, 2.45) is 9.98 Å². The van der Waals surface area contributed by atoms with Crippen LogP contribution in [0.25, 0.3) is 33.2 Å². The minimum Gasteiger partial charge on any atom is -0.309 e. The molecule has 37 heavy (non-hydrogen) atoms. The van der Waals surface area contributed by atoms with E-state index in [4.69, 9.17) is 10.4 Å². The van der Waals surface area contributed by atoms with Gasteiger partial charge in [-0.15, -0.1) is 0 Å². The highest BCUT2D eigenvalue weighted by Crippen LogP contribution is 2.32. The van der Waals surface area contributed by atoms with Crippen LogP contribution < -0.4 is 0 Å². The van der Waals surface area contributed by atoms with Crippen molar-refractivity contribution in [2.45, 2.75) is 13.5 Å². The Labute approximate surface area is 217 Å². The lowest BCUT2D eigenvalue weighted by atomic mass is 10.1. The molecule has 0 radical (unpaired) electrons. The van der Waals surface area contributed by atoms with E-state index in [-0.39, 0.29) is 0 Å². The summed E-state index contributed by atoms with van der Waals surface area (Å²) in [6.07, 6.45) is 5.43. The zero-order chi connectivity index (χ0) is 25.6. The number of nitrogens with zero attached hydrogens (tertiary/aromatic N) is 3. The number of fused-ring (bicyclic) bond motifs is 3. The Kier molecular flexibility index (Phi) is 7.00. The molecule has 0 atom stereocenters. The van der Waals surface area contributed by atoms with Gasteiger partial charge in [0.2, 0.25) is 0 Å². The molecule has 5 aromatic rings. The number of nitrogens with one attached hydrogen (secondary N) is 1. The average molecular weight is 481 g/mol. The van der Waals surface area contributed by atoms with E-state index in [0.717, 1.165) is 16.8 Å². The van der Waals surface area contributed by atoms with E-state index in [1.54, 1.807) is 6.08 Å². The van der Waals surface area contributed by atoms with Gasteiger partial charge in [-0.25, -0.2) is 0 Å². The molecular formula is C33H28N4. The van der Waals surface area contributed by atoms with E-state index >= 15 is 0 Å². The van der Waals surface area contributed by atoms with Crippen LogP contribution in [0.2, 0.25) is 0 Å². The molecule has 0 amide bonds. The summed E-state index contributed by atoms with van der Waals surface area (Å²) in [5, 5.41) is 11.0. The van der Waals surface area contributed by atoms with Crippen LogP contribution >= 0.6 is 0 Å². The second kappa shape index (κ2) is 10.8. The number of hydrogen-bond donors (Lipinski definition) is 1. The van der Waals surface area contributed by atoms with Crippen molar-refractivity contribution in [3.05, 3.63) is 132 Å². The second-order valence-corrected chi connectivity index (χ2v) is 8.71. The maximum Gasteiger partial charge on any atom is 0.0849 e. The van der Waals surface area contributed by atoms with Gasteiger partial charge in [0.05, 0.1) is 34.7 Å². The Bertz CT molecular complexity index is 1610. The normalized spacial score (nSPS) is 12.5. The van der Waals surface area contributed by atoms with Gasteiger partial charge < -0.3 is 4.57 Å². The van der Waals surface area contributed by atoms with Crippen LogP contribution in [-0.2, 0) is 6.54 Å². The smallest absolute Gasteiger partial charge is 0.0849 e. The quantitative estimate of drug-likeness (QED) is 0.218. The van der Waals surface area contributed by atoms with E-state index in [1.807, 2.05) is 61.5 Å². The average Bonchev–Trinajstić information content (AvgIpc) is 3.28. The van der Waals surface area contributed by atoms with Crippen molar-refractivity contribution in [2.75, 3.05) is 0 Å². The molecule has 1 N–H and O–H groups in total. The third kappa shape index (κ3) is 4.95. The Balaban J connectivity index is 1.53. The number of hydrogen-bond acceptors (Lipinski definition) is 3. The van der Waals surface area contributed by atoms with Crippen LogP contribution in [0.15, 0.2) is 131 Å². The van der Waals surface area contributed by atoms with Gasteiger partial charge in [0, 0.05) is 22.0 Å². The van der Waals surface area contributed by atoms with Crippen molar-refractivity contribution >= 4 is 45.6 Å². The van der Waals surface area contributed by atoms with Gasteiger partial charge in [-0.1, -0.05) is 84.9 Å². The fourth-order valence-electron chi connectivity index (χ4n) is 4.55. The van der Waals surface area contributed by atoms with Crippen molar-refractivity contribution in [1.29, 1.82) is 5.41 Å². The Morgan fingerprint density at radius 3 is 2.00 bits per heavy atom. The molecule has 5 rings (SSSR count). The van der Waals surface area contributed by atoms with Crippen LogP contribution in [0.1, 0.15) is 18.1 Å². The summed E-state index contributed by atoms with van der Waals surface area (Å²) >= 11 is 0. The molecule has 0 bridgehead atoms. The predicted molar refractivity (Wildman–Crippen MR) is 158 cm³/mol. The largest absolute Gasteiger partial charge is 0.309 e. The Morgan fingerprint density at radius 1 is 0.811 bits per heavy atom. The predicted octanol–water partition coefficient (Wildman–Crippen LogP) is 8.06. The molecule has 4 aromatic carbocycles. The SMILES string of the molecule is C=N/C(=C\C(=NCc1ccccc1)C(=N)/C=C\C)c1ccc(-n2c3ccccc3c3ccccc32)cc1. The van der Waals surface area contributed by atoms with Gasteiger partial charge in [0.15, 0.2) is 0 Å². The molecule has 4 heteroatoms. The maximum atomic E-state index is 8.50. The molecule has 0 saturated carbocycles. The maximum absolute atomic E-state index is 8.50. The summed E-state index contributed by atoms with van der Waals surface area (Å²) in [6.45, 7) is 6.19. The highest BCUT2D eigenvalue weighted by atomic mass is 15.0. The summed E-state index contributed by atoms with van der Waals surface area (Å²) in [4.78, 5) is 9.02. The monoisotopic (exact) mass is 480 g/mol. The summed E-state index contributed by atoms with van der Waals surface area (Å²) in [7, 11) is 0. The number of aromatic nitrogens is 1. The lowest BCUT2D eigenvalue weighted by Gasteiger charge is -2.10. The molecule has 0 spiro atoms. The summed E-state index contributed by atoms with van der Waals surface area (Å²) in [6, 6.07) is 35.3. The van der Waals surface area contributed by atoms with Gasteiger partial charge in [-0.05, 0) is 55.6 Å². The fourth-order valence-corrected chi connectivity index (χ4v) is 4.55. The van der Waals surface area contributed by atoms with Crippen LogP contribution in [0, 0.1) is 5.41 Å². The van der Waals surface area contributed by atoms with Gasteiger partial charge in [-0.3, -0.25) is 15.4 Å². The van der Waals surface area contributed by atoms with Crippen LogP contribution in [-0.4, -0.2) is 22.7 Å². The first-order valence-electron chi connectivity index (χ1n) is 12.3. The molecule has 1 heterocycles. The van der Waals surface area contributed by atoms with Crippen molar-refractivity contribution in [3.63, 3.8) is 0 Å². The van der Waals surface area contributed by atoms with Crippen LogP contribution in [0.5, 0.6) is 0 Å². The summed E-state index contributed by atoms with van der Waals surface area (Å²) in [5.74, 6) is 0. The van der Waals surface area contributed by atoms with Crippen molar-refractivity contribution < 1.29 is 0 Å². The molecule has 0 unspecified atom stereocenters. The van der Waals surface area contributed by atoms with E-state index in [9.17, 15) is 0 Å². The third-order valence-electron chi connectivity index (χ3n) is 6.33. The van der Waals surface area contributed by atoms with E-state index < -0.39 is 0 Å². The molecule has 0 aliphatic carbocycles. The van der Waals surface area contributed by atoms with Crippen LogP contribution in [0.4, 0.5) is 0 Å². The zero-order valence-corrected chi connectivity index (χ0v) is 20.8. The number of rotatable bonds is 8. The number of allylic oxidation sites excluding steroid dienone is 3. The topological polar surface area (TPSA) is 53.5 Å². The van der Waals surface area contributed by atoms with Gasteiger partial charge in [0.25, 0.3) is 0 Å². The minimum absolute atomic E-state index is 0.335. The second-order valence-electron chi connectivity index (χ2n) is 8.71. The van der Waals surface area contributed by atoms with E-state index in [0.29, 0.717) is 23.7 Å². The fraction of sp³-hybridized carbons (Fsp3) is 0.0606. The van der Waals surface area contributed by atoms with Gasteiger partial charge in [-0.2, -0.15) is 0 Å². The standard InChI is InChI=1S/C33H28N4/c1-3-11-29(34)31(36-23-24-12-5-4-6-13-24)22-30(35-2)25-18-20-26(21-19-25)37-32-16-9-7-14-27(32)28-15-8-10-17-33(28)37/h3-22,34H,2,23H2,1H3/b11-3-,30-22-,34-29?,36-31?.